The Kier molecular flexibility index (Phi) is 5.12. The SMILES string of the molecule is CC(C)c1ccc(N2C(=O)CC(N(Cc3ccc4c(c3)OCO4)C(=O)C3CC3)C2=O)cc1. The normalized spacial score (nSPS) is 19.7. The van der Waals surface area contributed by atoms with Gasteiger partial charge in [-0.05, 0) is 54.2 Å². The van der Waals surface area contributed by atoms with E-state index >= 15 is 0 Å². The third-order valence-corrected chi connectivity index (χ3v) is 6.32. The van der Waals surface area contributed by atoms with Crippen molar-refractivity contribution >= 4 is 23.4 Å². The maximum absolute atomic E-state index is 13.4. The van der Waals surface area contributed by atoms with E-state index in [1.165, 1.54) is 4.90 Å². The minimum Gasteiger partial charge on any atom is -0.454 e. The van der Waals surface area contributed by atoms with Gasteiger partial charge in [-0.25, -0.2) is 4.90 Å². The second kappa shape index (κ2) is 7.97. The Hall–Kier alpha value is -3.35. The zero-order chi connectivity index (χ0) is 22.4. The van der Waals surface area contributed by atoms with Crippen LogP contribution in [-0.4, -0.2) is 35.5 Å². The Labute approximate surface area is 186 Å². The highest BCUT2D eigenvalue weighted by atomic mass is 16.7. The summed E-state index contributed by atoms with van der Waals surface area (Å²) in [5.41, 5.74) is 2.52. The lowest BCUT2D eigenvalue weighted by Crippen LogP contribution is -2.45. The topological polar surface area (TPSA) is 76.2 Å². The lowest BCUT2D eigenvalue weighted by molar-refractivity contribution is -0.140. The fraction of sp³-hybridized carbons (Fsp3) is 0.400. The molecule has 1 aliphatic carbocycles. The summed E-state index contributed by atoms with van der Waals surface area (Å²) in [6.45, 7) is 4.60. The number of ether oxygens (including phenoxy) is 2. The second-order valence-electron chi connectivity index (χ2n) is 8.96. The molecule has 3 aliphatic rings. The molecule has 1 saturated carbocycles. The Morgan fingerprint density at radius 2 is 1.78 bits per heavy atom. The van der Waals surface area contributed by atoms with Gasteiger partial charge < -0.3 is 14.4 Å². The van der Waals surface area contributed by atoms with Gasteiger partial charge in [0.25, 0.3) is 5.91 Å². The molecule has 1 unspecified atom stereocenters. The maximum Gasteiger partial charge on any atom is 0.257 e. The van der Waals surface area contributed by atoms with Crippen LogP contribution in [0.4, 0.5) is 5.69 Å². The number of nitrogens with zero attached hydrogens (tertiary/aromatic N) is 2. The average molecular weight is 434 g/mol. The molecule has 3 amide bonds. The average Bonchev–Trinajstić information content (AvgIpc) is 3.46. The fourth-order valence-electron chi connectivity index (χ4n) is 4.28. The third-order valence-electron chi connectivity index (χ3n) is 6.32. The number of rotatable bonds is 6. The van der Waals surface area contributed by atoms with Crippen LogP contribution in [0.5, 0.6) is 11.5 Å². The van der Waals surface area contributed by atoms with Crippen LogP contribution in [-0.2, 0) is 20.9 Å². The van der Waals surface area contributed by atoms with Crippen LogP contribution in [0.2, 0.25) is 0 Å². The first-order chi connectivity index (χ1) is 15.4. The van der Waals surface area contributed by atoms with Crippen LogP contribution < -0.4 is 14.4 Å². The number of hydrogen-bond acceptors (Lipinski definition) is 5. The molecule has 0 N–H and O–H groups in total. The molecule has 5 rings (SSSR count). The first-order valence-corrected chi connectivity index (χ1v) is 11.1. The van der Waals surface area contributed by atoms with Gasteiger partial charge in [-0.2, -0.15) is 0 Å². The molecule has 0 radical (unpaired) electrons. The molecule has 2 aliphatic heterocycles. The number of amides is 3. The smallest absolute Gasteiger partial charge is 0.257 e. The Balaban J connectivity index is 1.41. The van der Waals surface area contributed by atoms with Gasteiger partial charge in [0, 0.05) is 12.5 Å². The van der Waals surface area contributed by atoms with Crippen molar-refractivity contribution in [3.8, 4) is 11.5 Å². The molecule has 2 fully saturated rings. The van der Waals surface area contributed by atoms with Crippen molar-refractivity contribution < 1.29 is 23.9 Å². The van der Waals surface area contributed by atoms with Gasteiger partial charge in [0.15, 0.2) is 11.5 Å². The number of hydrogen-bond donors (Lipinski definition) is 0. The minimum absolute atomic E-state index is 0.00617. The summed E-state index contributed by atoms with van der Waals surface area (Å²) in [5, 5.41) is 0. The van der Waals surface area contributed by atoms with Gasteiger partial charge in [-0.1, -0.05) is 32.0 Å². The third kappa shape index (κ3) is 3.72. The van der Waals surface area contributed by atoms with Crippen molar-refractivity contribution in [2.75, 3.05) is 11.7 Å². The zero-order valence-electron chi connectivity index (χ0n) is 18.2. The van der Waals surface area contributed by atoms with Crippen molar-refractivity contribution in [1.29, 1.82) is 0 Å². The number of fused-ring (bicyclic) bond motifs is 1. The number of carbonyl (C=O) groups is 3. The second-order valence-corrected chi connectivity index (χ2v) is 8.96. The summed E-state index contributed by atoms with van der Waals surface area (Å²) in [6.07, 6.45) is 1.64. The largest absolute Gasteiger partial charge is 0.454 e. The van der Waals surface area contributed by atoms with E-state index in [9.17, 15) is 14.4 Å². The monoisotopic (exact) mass is 434 g/mol. The van der Waals surface area contributed by atoms with E-state index in [4.69, 9.17) is 9.47 Å². The lowest BCUT2D eigenvalue weighted by Gasteiger charge is -2.28. The van der Waals surface area contributed by atoms with E-state index < -0.39 is 6.04 Å². The van der Waals surface area contributed by atoms with Crippen molar-refractivity contribution in [3.05, 3.63) is 53.6 Å². The van der Waals surface area contributed by atoms with E-state index in [-0.39, 0.29) is 43.4 Å². The molecule has 32 heavy (non-hydrogen) atoms. The van der Waals surface area contributed by atoms with E-state index in [0.29, 0.717) is 23.1 Å². The van der Waals surface area contributed by atoms with Gasteiger partial charge in [-0.3, -0.25) is 14.4 Å². The maximum atomic E-state index is 13.4. The predicted octanol–water partition coefficient (Wildman–Crippen LogP) is 3.61. The molecule has 2 heterocycles. The number of benzene rings is 2. The molecule has 0 aromatic heterocycles. The van der Waals surface area contributed by atoms with Crippen LogP contribution in [0.25, 0.3) is 0 Å². The molecular formula is C25H26N2O5. The summed E-state index contributed by atoms with van der Waals surface area (Å²) < 4.78 is 10.8. The van der Waals surface area contributed by atoms with E-state index in [1.54, 1.807) is 17.0 Å². The van der Waals surface area contributed by atoms with E-state index in [1.807, 2.05) is 30.3 Å². The minimum atomic E-state index is -0.800. The van der Waals surface area contributed by atoms with Crippen molar-refractivity contribution in [1.82, 2.24) is 4.90 Å². The van der Waals surface area contributed by atoms with Gasteiger partial charge in [0.1, 0.15) is 6.04 Å². The molecule has 2 aromatic carbocycles. The van der Waals surface area contributed by atoms with Gasteiger partial charge in [0.05, 0.1) is 12.1 Å². The van der Waals surface area contributed by atoms with Gasteiger partial charge >= 0.3 is 0 Å². The molecule has 0 spiro atoms. The van der Waals surface area contributed by atoms with E-state index in [2.05, 4.69) is 13.8 Å². The lowest BCUT2D eigenvalue weighted by atomic mass is 10.0. The quantitative estimate of drug-likeness (QED) is 0.650. The molecule has 7 nitrogen and oxygen atoms in total. The van der Waals surface area contributed by atoms with Crippen LogP contribution in [0.3, 0.4) is 0 Å². The highest BCUT2D eigenvalue weighted by Gasteiger charge is 2.47. The Morgan fingerprint density at radius 3 is 2.47 bits per heavy atom. The summed E-state index contributed by atoms with van der Waals surface area (Å²) in [4.78, 5) is 42.2. The highest BCUT2D eigenvalue weighted by molar-refractivity contribution is 6.23. The number of anilines is 1. The zero-order valence-corrected chi connectivity index (χ0v) is 18.2. The van der Waals surface area contributed by atoms with Crippen molar-refractivity contribution in [2.24, 2.45) is 5.92 Å². The van der Waals surface area contributed by atoms with Crippen LogP contribution >= 0.6 is 0 Å². The Bertz CT molecular complexity index is 1070. The summed E-state index contributed by atoms with van der Waals surface area (Å²) >= 11 is 0. The molecule has 1 atom stereocenters. The van der Waals surface area contributed by atoms with Crippen LogP contribution in [0, 0.1) is 5.92 Å². The van der Waals surface area contributed by atoms with Gasteiger partial charge in [0.2, 0.25) is 18.6 Å². The van der Waals surface area contributed by atoms with Crippen LogP contribution in [0.15, 0.2) is 42.5 Å². The number of imide groups is 1. The fourth-order valence-corrected chi connectivity index (χ4v) is 4.28. The predicted molar refractivity (Wildman–Crippen MR) is 117 cm³/mol. The molecule has 2 aromatic rings. The molecule has 0 bridgehead atoms. The van der Waals surface area contributed by atoms with Crippen molar-refractivity contribution in [2.45, 2.75) is 51.6 Å². The molecular weight excluding hydrogens is 408 g/mol. The summed E-state index contributed by atoms with van der Waals surface area (Å²) in [7, 11) is 0. The van der Waals surface area contributed by atoms with E-state index in [0.717, 1.165) is 24.0 Å². The molecule has 7 heteroatoms. The number of carbonyl (C=O) groups excluding carboxylic acids is 3. The highest BCUT2D eigenvalue weighted by Crippen LogP contribution is 2.37. The molecule has 1 saturated heterocycles. The molecule has 166 valence electrons. The Morgan fingerprint density at radius 1 is 1.06 bits per heavy atom. The van der Waals surface area contributed by atoms with Gasteiger partial charge in [-0.15, -0.1) is 0 Å². The standard InChI is InChI=1S/C25H26N2O5/c1-15(2)17-6-8-19(9-7-17)27-23(28)12-20(25(27)30)26(24(29)18-4-5-18)13-16-3-10-21-22(11-16)32-14-31-21/h3,6-11,15,18,20H,4-5,12-14H2,1-2H3. The van der Waals surface area contributed by atoms with Crippen LogP contribution in [0.1, 0.15) is 50.2 Å². The first kappa shape index (κ1) is 20.5. The summed E-state index contributed by atoms with van der Waals surface area (Å²) in [6, 6.07) is 12.2. The summed E-state index contributed by atoms with van der Waals surface area (Å²) in [5.74, 6) is 0.893. The van der Waals surface area contributed by atoms with Crippen molar-refractivity contribution in [3.63, 3.8) is 0 Å². The first-order valence-electron chi connectivity index (χ1n) is 11.1.